The SMILES string of the molecule is O=C1CNC(=O)N1C1CN(c2ncc(F)cn2)C1. The molecule has 1 aromatic rings. The first-order valence-electron chi connectivity index (χ1n) is 5.47. The predicted octanol–water partition coefficient (Wildman–Crippen LogP) is -0.644. The second kappa shape index (κ2) is 3.90. The van der Waals surface area contributed by atoms with Gasteiger partial charge in [0.2, 0.25) is 11.9 Å². The third-order valence-electron chi connectivity index (χ3n) is 3.00. The molecule has 2 aliphatic heterocycles. The summed E-state index contributed by atoms with van der Waals surface area (Å²) in [6, 6.07) is -0.515. The number of rotatable bonds is 2. The van der Waals surface area contributed by atoms with Gasteiger partial charge in [0.25, 0.3) is 0 Å². The average Bonchev–Trinajstić information content (AvgIpc) is 2.61. The second-order valence-corrected chi connectivity index (χ2v) is 4.18. The van der Waals surface area contributed by atoms with Crippen LogP contribution in [0.1, 0.15) is 0 Å². The third-order valence-corrected chi connectivity index (χ3v) is 3.00. The molecule has 0 aromatic carbocycles. The molecule has 3 rings (SSSR count). The highest BCUT2D eigenvalue weighted by atomic mass is 19.1. The Morgan fingerprint density at radius 3 is 2.50 bits per heavy atom. The highest BCUT2D eigenvalue weighted by Gasteiger charge is 2.42. The van der Waals surface area contributed by atoms with Gasteiger partial charge in [-0.3, -0.25) is 9.69 Å². The minimum atomic E-state index is -0.495. The first-order valence-corrected chi connectivity index (χ1v) is 5.47. The molecule has 2 saturated heterocycles. The molecule has 7 nitrogen and oxygen atoms in total. The maximum absolute atomic E-state index is 12.6. The maximum Gasteiger partial charge on any atom is 0.324 e. The van der Waals surface area contributed by atoms with Crippen LogP contribution in [0.25, 0.3) is 0 Å². The van der Waals surface area contributed by atoms with Crippen molar-refractivity contribution < 1.29 is 14.0 Å². The number of imide groups is 1. The predicted molar refractivity (Wildman–Crippen MR) is 58.2 cm³/mol. The highest BCUT2D eigenvalue weighted by molar-refractivity contribution is 6.02. The summed E-state index contributed by atoms with van der Waals surface area (Å²) in [4.78, 5) is 33.5. The molecule has 1 aromatic heterocycles. The van der Waals surface area contributed by atoms with E-state index in [0.717, 1.165) is 12.4 Å². The first-order chi connectivity index (χ1) is 8.65. The van der Waals surface area contributed by atoms with Crippen molar-refractivity contribution in [1.82, 2.24) is 20.2 Å². The normalized spacial score (nSPS) is 20.1. The number of carbonyl (C=O) groups is 2. The van der Waals surface area contributed by atoms with E-state index in [0.29, 0.717) is 19.0 Å². The van der Waals surface area contributed by atoms with Crippen molar-refractivity contribution in [2.45, 2.75) is 6.04 Å². The molecule has 0 atom stereocenters. The van der Waals surface area contributed by atoms with Crippen LogP contribution in [0.3, 0.4) is 0 Å². The summed E-state index contributed by atoms with van der Waals surface area (Å²) in [6.45, 7) is 1.01. The van der Waals surface area contributed by atoms with Gasteiger partial charge in [-0.05, 0) is 0 Å². The lowest BCUT2D eigenvalue weighted by molar-refractivity contribution is -0.126. The van der Waals surface area contributed by atoms with Crippen molar-refractivity contribution in [2.24, 2.45) is 0 Å². The minimum absolute atomic E-state index is 0.0579. The van der Waals surface area contributed by atoms with Crippen LogP contribution in [0.15, 0.2) is 12.4 Å². The lowest BCUT2D eigenvalue weighted by atomic mass is 10.1. The van der Waals surface area contributed by atoms with Crippen molar-refractivity contribution in [2.75, 3.05) is 24.5 Å². The smallest absolute Gasteiger partial charge is 0.324 e. The Balaban J connectivity index is 1.65. The van der Waals surface area contributed by atoms with E-state index in [9.17, 15) is 14.0 Å². The number of nitrogens with zero attached hydrogens (tertiary/aromatic N) is 4. The van der Waals surface area contributed by atoms with E-state index in [1.54, 1.807) is 4.90 Å². The van der Waals surface area contributed by atoms with Crippen LogP contribution in [-0.4, -0.2) is 52.5 Å². The molecule has 0 bridgehead atoms. The van der Waals surface area contributed by atoms with Gasteiger partial charge in [-0.25, -0.2) is 19.2 Å². The highest BCUT2D eigenvalue weighted by Crippen LogP contribution is 2.21. The molecular weight excluding hydrogens is 241 g/mol. The molecule has 3 heterocycles. The monoisotopic (exact) mass is 251 g/mol. The maximum atomic E-state index is 12.6. The molecule has 3 amide bonds. The molecule has 0 saturated carbocycles. The molecule has 18 heavy (non-hydrogen) atoms. The van der Waals surface area contributed by atoms with E-state index in [-0.39, 0.29) is 24.5 Å². The fourth-order valence-electron chi connectivity index (χ4n) is 2.05. The topological polar surface area (TPSA) is 78.4 Å². The van der Waals surface area contributed by atoms with Crippen LogP contribution >= 0.6 is 0 Å². The molecule has 0 aliphatic carbocycles. The number of anilines is 1. The van der Waals surface area contributed by atoms with Crippen LogP contribution < -0.4 is 10.2 Å². The van der Waals surface area contributed by atoms with E-state index in [1.165, 1.54) is 4.90 Å². The summed E-state index contributed by atoms with van der Waals surface area (Å²) in [5.41, 5.74) is 0. The van der Waals surface area contributed by atoms with E-state index < -0.39 is 5.82 Å². The molecule has 2 fully saturated rings. The number of aromatic nitrogens is 2. The van der Waals surface area contributed by atoms with E-state index in [4.69, 9.17) is 0 Å². The number of urea groups is 1. The summed E-state index contributed by atoms with van der Waals surface area (Å²) in [5.74, 6) is -0.311. The van der Waals surface area contributed by atoms with Gasteiger partial charge in [-0.15, -0.1) is 0 Å². The molecule has 8 heteroatoms. The van der Waals surface area contributed by atoms with Crippen LogP contribution in [0.4, 0.5) is 15.1 Å². The molecule has 2 aliphatic rings. The quantitative estimate of drug-likeness (QED) is 0.707. The summed E-state index contributed by atoms with van der Waals surface area (Å²) in [6.07, 6.45) is 2.17. The van der Waals surface area contributed by atoms with Gasteiger partial charge >= 0.3 is 6.03 Å². The van der Waals surface area contributed by atoms with Gasteiger partial charge in [-0.2, -0.15) is 0 Å². The number of hydrogen-bond donors (Lipinski definition) is 1. The molecule has 0 radical (unpaired) electrons. The average molecular weight is 251 g/mol. The fraction of sp³-hybridized carbons (Fsp3) is 0.400. The zero-order valence-corrected chi connectivity index (χ0v) is 9.34. The lowest BCUT2D eigenvalue weighted by Gasteiger charge is -2.42. The molecular formula is C10H10FN5O2. The zero-order chi connectivity index (χ0) is 12.7. The van der Waals surface area contributed by atoms with Crippen LogP contribution in [0.2, 0.25) is 0 Å². The summed E-state index contributed by atoms with van der Waals surface area (Å²) < 4.78 is 12.6. The van der Waals surface area contributed by atoms with Crippen LogP contribution in [0.5, 0.6) is 0 Å². The van der Waals surface area contributed by atoms with Crippen LogP contribution in [0, 0.1) is 5.82 Å². The van der Waals surface area contributed by atoms with E-state index in [1.807, 2.05) is 0 Å². The van der Waals surface area contributed by atoms with Gasteiger partial charge in [0.05, 0.1) is 25.0 Å². The van der Waals surface area contributed by atoms with Crippen molar-refractivity contribution in [3.05, 3.63) is 18.2 Å². The Kier molecular flexibility index (Phi) is 2.35. The van der Waals surface area contributed by atoms with Gasteiger partial charge in [0.15, 0.2) is 5.82 Å². The van der Waals surface area contributed by atoms with Gasteiger partial charge in [0, 0.05) is 13.1 Å². The van der Waals surface area contributed by atoms with Crippen molar-refractivity contribution in [3.63, 3.8) is 0 Å². The standard InChI is InChI=1S/C10H10FN5O2/c11-6-1-12-9(13-2-6)15-4-7(5-15)16-8(17)3-14-10(16)18/h1-2,7H,3-5H2,(H,14,18). The molecule has 1 N–H and O–H groups in total. The van der Waals surface area contributed by atoms with E-state index in [2.05, 4.69) is 15.3 Å². The van der Waals surface area contributed by atoms with E-state index >= 15 is 0 Å². The van der Waals surface area contributed by atoms with Gasteiger partial charge in [-0.1, -0.05) is 0 Å². The number of amides is 3. The molecule has 94 valence electrons. The van der Waals surface area contributed by atoms with Gasteiger partial charge < -0.3 is 10.2 Å². The summed E-state index contributed by atoms with van der Waals surface area (Å²) in [5, 5.41) is 2.47. The Morgan fingerprint density at radius 2 is 1.94 bits per heavy atom. The lowest BCUT2D eigenvalue weighted by Crippen LogP contribution is -2.61. The summed E-state index contributed by atoms with van der Waals surface area (Å²) in [7, 11) is 0. The van der Waals surface area contributed by atoms with Crippen molar-refractivity contribution >= 4 is 17.9 Å². The molecule has 0 unspecified atom stereocenters. The number of carbonyl (C=O) groups excluding carboxylic acids is 2. The Labute approximate surface area is 102 Å². The zero-order valence-electron chi connectivity index (χ0n) is 9.34. The van der Waals surface area contributed by atoms with Crippen molar-refractivity contribution in [1.29, 1.82) is 0 Å². The van der Waals surface area contributed by atoms with Crippen molar-refractivity contribution in [3.8, 4) is 0 Å². The summed E-state index contributed by atoms with van der Waals surface area (Å²) >= 11 is 0. The number of halogens is 1. The Hall–Kier alpha value is -2.25. The van der Waals surface area contributed by atoms with Gasteiger partial charge in [0.1, 0.15) is 0 Å². The number of hydrogen-bond acceptors (Lipinski definition) is 5. The largest absolute Gasteiger partial charge is 0.337 e. The third kappa shape index (κ3) is 1.66. The molecule has 0 spiro atoms. The first kappa shape index (κ1) is 10.9. The Bertz CT molecular complexity index is 483. The second-order valence-electron chi connectivity index (χ2n) is 4.18. The fourth-order valence-corrected chi connectivity index (χ4v) is 2.05. The Morgan fingerprint density at radius 1 is 1.28 bits per heavy atom. The minimum Gasteiger partial charge on any atom is -0.337 e. The van der Waals surface area contributed by atoms with Crippen LogP contribution in [-0.2, 0) is 4.79 Å². The number of nitrogens with one attached hydrogen (secondary N) is 1.